The Morgan fingerprint density at radius 3 is 2.52 bits per heavy atom. The van der Waals surface area contributed by atoms with Crippen LogP contribution < -0.4 is 0 Å². The summed E-state index contributed by atoms with van der Waals surface area (Å²) in [7, 11) is 1.54. The molecule has 128 valence electrons. The largest absolute Gasteiger partial charge is 0.444 e. The van der Waals surface area contributed by atoms with Crippen LogP contribution in [0, 0.1) is 0 Å². The van der Waals surface area contributed by atoms with Crippen LogP contribution in [-0.2, 0) is 16.1 Å². The summed E-state index contributed by atoms with van der Waals surface area (Å²) >= 11 is 7.34. The summed E-state index contributed by atoms with van der Waals surface area (Å²) in [6.45, 7) is 9.80. The highest BCUT2D eigenvalue weighted by Crippen LogP contribution is 2.22. The maximum Gasteiger partial charge on any atom is 0.410 e. The molecule has 0 atom stereocenters. The molecule has 0 spiro atoms. The zero-order valence-corrected chi connectivity index (χ0v) is 15.5. The minimum Gasteiger partial charge on any atom is -0.444 e. The van der Waals surface area contributed by atoms with Crippen LogP contribution in [0.4, 0.5) is 4.79 Å². The van der Waals surface area contributed by atoms with Gasteiger partial charge in [0.1, 0.15) is 12.1 Å². The molecule has 0 saturated carbocycles. The molecular weight excluding hydrogens is 336 g/mol. The van der Waals surface area contributed by atoms with Gasteiger partial charge >= 0.3 is 6.09 Å². The predicted octanol–water partition coefficient (Wildman–Crippen LogP) is 3.78. The highest BCUT2D eigenvalue weighted by atomic mass is 35.5. The number of ether oxygens (including phenoxy) is 1. The lowest BCUT2D eigenvalue weighted by Gasteiger charge is -2.27. The van der Waals surface area contributed by atoms with Crippen molar-refractivity contribution in [3.8, 4) is 0 Å². The van der Waals surface area contributed by atoms with Crippen molar-refractivity contribution in [2.45, 2.75) is 32.9 Å². The third kappa shape index (κ3) is 7.05. The number of thiophene rings is 1. The second-order valence-corrected chi connectivity index (χ2v) is 7.90. The van der Waals surface area contributed by atoms with Gasteiger partial charge < -0.3 is 14.5 Å². The van der Waals surface area contributed by atoms with E-state index < -0.39 is 11.7 Å². The lowest BCUT2D eigenvalue weighted by molar-refractivity contribution is -0.132. The van der Waals surface area contributed by atoms with Gasteiger partial charge in [-0.05, 0) is 32.9 Å². The molecule has 23 heavy (non-hydrogen) atoms. The van der Waals surface area contributed by atoms with Gasteiger partial charge in [0, 0.05) is 18.5 Å². The molecule has 7 heteroatoms. The third-order valence-electron chi connectivity index (χ3n) is 2.76. The Kier molecular flexibility index (Phi) is 7.09. The average Bonchev–Trinajstić information content (AvgIpc) is 2.81. The molecular formula is C16H23ClN2O3S. The molecule has 0 aliphatic carbocycles. The van der Waals surface area contributed by atoms with Crippen LogP contribution in [0.15, 0.2) is 24.8 Å². The van der Waals surface area contributed by atoms with Gasteiger partial charge in [-0.2, -0.15) is 0 Å². The third-order valence-corrected chi connectivity index (χ3v) is 3.97. The molecule has 0 aromatic carbocycles. The molecule has 1 heterocycles. The van der Waals surface area contributed by atoms with Crippen molar-refractivity contribution in [2.75, 3.05) is 20.1 Å². The second kappa shape index (κ2) is 8.36. The van der Waals surface area contributed by atoms with Crippen molar-refractivity contribution < 1.29 is 14.3 Å². The summed E-state index contributed by atoms with van der Waals surface area (Å²) in [5.74, 6) is -0.178. The van der Waals surface area contributed by atoms with Crippen molar-refractivity contribution in [3.63, 3.8) is 0 Å². The van der Waals surface area contributed by atoms with Gasteiger partial charge in [-0.3, -0.25) is 4.79 Å². The zero-order chi connectivity index (χ0) is 17.6. The van der Waals surface area contributed by atoms with Crippen LogP contribution in [0.3, 0.4) is 0 Å². The molecule has 2 amide bonds. The lowest BCUT2D eigenvalue weighted by atomic mass is 10.2. The number of carbonyl (C=O) groups is 2. The van der Waals surface area contributed by atoms with Crippen LogP contribution in [0.2, 0.25) is 4.34 Å². The van der Waals surface area contributed by atoms with E-state index in [1.807, 2.05) is 6.07 Å². The van der Waals surface area contributed by atoms with Crippen LogP contribution in [-0.4, -0.2) is 47.5 Å². The van der Waals surface area contributed by atoms with E-state index in [9.17, 15) is 9.59 Å². The molecule has 0 aliphatic rings. The number of carbonyl (C=O) groups excluding carboxylic acids is 2. The smallest absolute Gasteiger partial charge is 0.410 e. The van der Waals surface area contributed by atoms with Crippen LogP contribution >= 0.6 is 22.9 Å². The summed E-state index contributed by atoms with van der Waals surface area (Å²) in [6.07, 6.45) is 1.13. The van der Waals surface area contributed by atoms with Crippen molar-refractivity contribution in [2.24, 2.45) is 0 Å². The van der Waals surface area contributed by atoms with E-state index in [-0.39, 0.29) is 12.5 Å². The molecule has 0 aliphatic heterocycles. The number of likely N-dealkylation sites (N-methyl/N-ethyl adjacent to an activating group) is 1. The Hall–Kier alpha value is -1.53. The topological polar surface area (TPSA) is 49.9 Å². The number of hydrogen-bond acceptors (Lipinski definition) is 4. The molecule has 0 fully saturated rings. The Morgan fingerprint density at radius 1 is 1.39 bits per heavy atom. The molecule has 5 nitrogen and oxygen atoms in total. The summed E-state index contributed by atoms with van der Waals surface area (Å²) in [5, 5.41) is 0. The van der Waals surface area contributed by atoms with Gasteiger partial charge in [-0.1, -0.05) is 17.7 Å². The molecule has 1 rings (SSSR count). The minimum atomic E-state index is -0.594. The van der Waals surface area contributed by atoms with Crippen molar-refractivity contribution in [1.82, 2.24) is 9.80 Å². The fourth-order valence-electron chi connectivity index (χ4n) is 1.74. The lowest BCUT2D eigenvalue weighted by Crippen LogP contribution is -2.42. The number of rotatable bonds is 6. The first-order valence-electron chi connectivity index (χ1n) is 7.19. The standard InChI is InChI=1S/C16H23ClN2O3S/c1-6-9-19(10-12-7-8-13(17)23-12)14(20)11-18(5)15(21)22-16(2,3)4/h6-8H,1,9-11H2,2-5H3. The van der Waals surface area contributed by atoms with E-state index in [0.717, 1.165) is 4.88 Å². The fourth-order valence-corrected chi connectivity index (χ4v) is 2.85. The van der Waals surface area contributed by atoms with E-state index in [1.54, 1.807) is 44.9 Å². The quantitative estimate of drug-likeness (QED) is 0.727. The number of amides is 2. The van der Waals surface area contributed by atoms with Crippen LogP contribution in [0.25, 0.3) is 0 Å². The molecule has 0 radical (unpaired) electrons. The first kappa shape index (κ1) is 19.5. The Balaban J connectivity index is 2.66. The highest BCUT2D eigenvalue weighted by Gasteiger charge is 2.23. The average molecular weight is 359 g/mol. The summed E-state index contributed by atoms with van der Waals surface area (Å²) in [6, 6.07) is 3.68. The van der Waals surface area contributed by atoms with Gasteiger partial charge in [0.2, 0.25) is 5.91 Å². The van der Waals surface area contributed by atoms with Crippen molar-refractivity contribution in [1.29, 1.82) is 0 Å². The van der Waals surface area contributed by atoms with Gasteiger partial charge in [0.05, 0.1) is 10.9 Å². The van der Waals surface area contributed by atoms with Crippen LogP contribution in [0.5, 0.6) is 0 Å². The Labute approximate surface area is 146 Å². The highest BCUT2D eigenvalue weighted by molar-refractivity contribution is 7.16. The van der Waals surface area contributed by atoms with E-state index in [4.69, 9.17) is 16.3 Å². The zero-order valence-electron chi connectivity index (χ0n) is 14.0. The van der Waals surface area contributed by atoms with E-state index >= 15 is 0 Å². The minimum absolute atomic E-state index is 0.0537. The molecule has 0 N–H and O–H groups in total. The first-order chi connectivity index (χ1) is 10.6. The molecule has 0 unspecified atom stereocenters. The monoisotopic (exact) mass is 358 g/mol. The van der Waals surface area contributed by atoms with Gasteiger partial charge in [-0.25, -0.2) is 4.79 Å². The number of nitrogens with zero attached hydrogens (tertiary/aromatic N) is 2. The van der Waals surface area contributed by atoms with Crippen LogP contribution in [0.1, 0.15) is 25.6 Å². The normalized spacial score (nSPS) is 11.0. The number of halogens is 1. The second-order valence-electron chi connectivity index (χ2n) is 6.11. The molecule has 1 aromatic heterocycles. The Morgan fingerprint density at radius 2 is 2.04 bits per heavy atom. The molecule has 0 bridgehead atoms. The van der Waals surface area contributed by atoms with Crippen molar-refractivity contribution >= 4 is 34.9 Å². The maximum absolute atomic E-state index is 12.4. The van der Waals surface area contributed by atoms with E-state index in [2.05, 4.69) is 6.58 Å². The maximum atomic E-state index is 12.4. The van der Waals surface area contributed by atoms with Gasteiger partial charge in [-0.15, -0.1) is 17.9 Å². The fraction of sp³-hybridized carbons (Fsp3) is 0.500. The summed E-state index contributed by atoms with van der Waals surface area (Å²) in [4.78, 5) is 28.2. The first-order valence-corrected chi connectivity index (χ1v) is 8.39. The van der Waals surface area contributed by atoms with Gasteiger partial charge in [0.15, 0.2) is 0 Å². The predicted molar refractivity (Wildman–Crippen MR) is 93.8 cm³/mol. The molecule has 1 aromatic rings. The van der Waals surface area contributed by atoms with E-state index in [1.165, 1.54) is 16.2 Å². The summed E-state index contributed by atoms with van der Waals surface area (Å²) in [5.41, 5.74) is -0.594. The summed E-state index contributed by atoms with van der Waals surface area (Å²) < 4.78 is 5.92. The van der Waals surface area contributed by atoms with E-state index in [0.29, 0.717) is 17.4 Å². The van der Waals surface area contributed by atoms with Crippen molar-refractivity contribution in [3.05, 3.63) is 34.0 Å². The SMILES string of the molecule is C=CCN(Cc1ccc(Cl)s1)C(=O)CN(C)C(=O)OC(C)(C)C. The Bertz CT molecular complexity index is 566. The number of hydrogen-bond donors (Lipinski definition) is 0. The van der Waals surface area contributed by atoms with Gasteiger partial charge in [0.25, 0.3) is 0 Å². The molecule has 0 saturated heterocycles.